The molecule has 110 valence electrons. The third kappa shape index (κ3) is 2.09. The van der Waals surface area contributed by atoms with Crippen LogP contribution in [0.2, 0.25) is 0 Å². The Bertz CT molecular complexity index is 937. The Hall–Kier alpha value is -2.88. The summed E-state index contributed by atoms with van der Waals surface area (Å²) in [6.07, 6.45) is 0. The number of carbonyl (C=O) groups is 1. The molecule has 0 saturated carbocycles. The fourth-order valence-corrected chi connectivity index (χ4v) is 2.64. The Morgan fingerprint density at radius 2 is 1.77 bits per heavy atom. The van der Waals surface area contributed by atoms with E-state index in [9.17, 15) is 14.7 Å². The summed E-state index contributed by atoms with van der Waals surface area (Å²) >= 11 is 0. The van der Waals surface area contributed by atoms with Gasteiger partial charge in [-0.3, -0.25) is 9.59 Å². The van der Waals surface area contributed by atoms with Crippen LogP contribution in [0.3, 0.4) is 0 Å². The second-order valence-corrected chi connectivity index (χ2v) is 5.12. The van der Waals surface area contributed by atoms with Gasteiger partial charge in [-0.25, -0.2) is 0 Å². The highest BCUT2D eigenvalue weighted by Crippen LogP contribution is 2.30. The van der Waals surface area contributed by atoms with Gasteiger partial charge < -0.3 is 9.52 Å². The van der Waals surface area contributed by atoms with E-state index in [1.165, 1.54) is 19.1 Å². The highest BCUT2D eigenvalue weighted by atomic mass is 16.3. The molecule has 3 rings (SSSR count). The van der Waals surface area contributed by atoms with Crippen molar-refractivity contribution in [2.24, 2.45) is 0 Å². The Morgan fingerprint density at radius 1 is 1.09 bits per heavy atom. The molecule has 22 heavy (non-hydrogen) atoms. The van der Waals surface area contributed by atoms with Gasteiger partial charge >= 0.3 is 0 Å². The van der Waals surface area contributed by atoms with E-state index in [0.29, 0.717) is 11.3 Å². The van der Waals surface area contributed by atoms with Gasteiger partial charge in [-0.1, -0.05) is 30.3 Å². The number of ketones is 1. The van der Waals surface area contributed by atoms with Gasteiger partial charge in [-0.05, 0) is 31.5 Å². The molecule has 1 aromatic heterocycles. The minimum Gasteiger partial charge on any atom is -0.507 e. The third-order valence-corrected chi connectivity index (χ3v) is 3.63. The lowest BCUT2D eigenvalue weighted by atomic mass is 10.00. The predicted molar refractivity (Wildman–Crippen MR) is 84.3 cm³/mol. The molecule has 0 spiro atoms. The molecule has 4 heteroatoms. The molecule has 4 nitrogen and oxygen atoms in total. The molecule has 0 unspecified atom stereocenters. The topological polar surface area (TPSA) is 67.5 Å². The molecule has 2 aromatic carbocycles. The second kappa shape index (κ2) is 5.15. The van der Waals surface area contributed by atoms with Gasteiger partial charge in [0.2, 0.25) is 5.43 Å². The van der Waals surface area contributed by atoms with E-state index in [-0.39, 0.29) is 33.5 Å². The number of fused-ring (bicyclic) bond motifs is 1. The van der Waals surface area contributed by atoms with Gasteiger partial charge in [-0.2, -0.15) is 0 Å². The van der Waals surface area contributed by atoms with Crippen LogP contribution in [0.15, 0.2) is 51.7 Å². The molecule has 0 radical (unpaired) electrons. The number of hydrogen-bond donors (Lipinski definition) is 1. The Balaban J connectivity index is 2.44. The number of hydrogen-bond acceptors (Lipinski definition) is 4. The molecular formula is C18H14O4. The number of phenols is 1. The summed E-state index contributed by atoms with van der Waals surface area (Å²) in [5.74, 6) is -0.120. The van der Waals surface area contributed by atoms with Crippen molar-refractivity contribution in [2.75, 3.05) is 0 Å². The lowest BCUT2D eigenvalue weighted by molar-refractivity contribution is 0.101. The first-order valence-corrected chi connectivity index (χ1v) is 6.86. The van der Waals surface area contributed by atoms with Crippen LogP contribution in [0.4, 0.5) is 0 Å². The lowest BCUT2D eigenvalue weighted by Gasteiger charge is -2.10. The van der Waals surface area contributed by atoms with Crippen LogP contribution < -0.4 is 5.43 Å². The van der Waals surface area contributed by atoms with Crippen LogP contribution in [0, 0.1) is 6.92 Å². The molecule has 3 aromatic rings. The van der Waals surface area contributed by atoms with Crippen LogP contribution in [-0.2, 0) is 0 Å². The first-order valence-electron chi connectivity index (χ1n) is 6.86. The number of phenolic OH excluding ortho intramolecular Hbond substituents is 1. The van der Waals surface area contributed by atoms with Crippen molar-refractivity contribution in [3.8, 4) is 16.9 Å². The van der Waals surface area contributed by atoms with Crippen LogP contribution in [0.25, 0.3) is 22.1 Å². The van der Waals surface area contributed by atoms with Crippen molar-refractivity contribution in [3.63, 3.8) is 0 Å². The summed E-state index contributed by atoms with van der Waals surface area (Å²) in [5.41, 5.74) is 1.18. The molecule has 0 aliphatic heterocycles. The van der Waals surface area contributed by atoms with Gasteiger partial charge in [0, 0.05) is 0 Å². The Morgan fingerprint density at radius 3 is 2.41 bits per heavy atom. The predicted octanol–water partition coefficient (Wildman–Crippen LogP) is 3.68. The number of benzene rings is 2. The fourth-order valence-electron chi connectivity index (χ4n) is 2.64. The Kier molecular flexibility index (Phi) is 3.29. The zero-order valence-electron chi connectivity index (χ0n) is 12.2. The van der Waals surface area contributed by atoms with Crippen LogP contribution in [0.1, 0.15) is 23.0 Å². The Labute approximate surface area is 126 Å². The molecule has 0 aliphatic carbocycles. The average molecular weight is 294 g/mol. The number of aryl methyl sites for hydroxylation is 1. The summed E-state index contributed by atoms with van der Waals surface area (Å²) in [5, 5.41) is 10.1. The van der Waals surface area contributed by atoms with Crippen LogP contribution in [-0.4, -0.2) is 10.9 Å². The molecular weight excluding hydrogens is 280 g/mol. The summed E-state index contributed by atoms with van der Waals surface area (Å²) in [7, 11) is 0. The van der Waals surface area contributed by atoms with Gasteiger partial charge in [-0.15, -0.1) is 0 Å². The first-order chi connectivity index (χ1) is 10.5. The van der Waals surface area contributed by atoms with Gasteiger partial charge in [0.1, 0.15) is 17.1 Å². The van der Waals surface area contributed by atoms with E-state index in [4.69, 9.17) is 4.42 Å². The second-order valence-electron chi connectivity index (χ2n) is 5.12. The first kappa shape index (κ1) is 14.1. The molecule has 0 atom stereocenters. The van der Waals surface area contributed by atoms with Crippen molar-refractivity contribution in [2.45, 2.75) is 13.8 Å². The number of aromatic hydroxyl groups is 1. The molecule has 0 aliphatic rings. The SMILES string of the molecule is CC(=O)c1c(O)ccc2c(=O)c(-c3ccccc3)c(C)oc12. The highest BCUT2D eigenvalue weighted by molar-refractivity contribution is 6.07. The highest BCUT2D eigenvalue weighted by Gasteiger charge is 2.19. The largest absolute Gasteiger partial charge is 0.507 e. The minimum absolute atomic E-state index is 0.0392. The van der Waals surface area contributed by atoms with Crippen molar-refractivity contribution >= 4 is 16.8 Å². The van der Waals surface area contributed by atoms with E-state index in [2.05, 4.69) is 0 Å². The van der Waals surface area contributed by atoms with Crippen LogP contribution in [0.5, 0.6) is 5.75 Å². The third-order valence-electron chi connectivity index (χ3n) is 3.63. The normalized spacial score (nSPS) is 10.8. The minimum atomic E-state index is -0.349. The van der Waals surface area contributed by atoms with E-state index in [1.807, 2.05) is 30.3 Å². The zero-order valence-corrected chi connectivity index (χ0v) is 12.2. The molecule has 1 heterocycles. The standard InChI is InChI=1S/C18H14O4/c1-10(19)15-14(20)9-8-13-17(21)16(11(2)22-18(13)15)12-6-4-3-5-7-12/h3-9,20H,1-2H3. The lowest BCUT2D eigenvalue weighted by Crippen LogP contribution is -2.09. The quantitative estimate of drug-likeness (QED) is 0.732. The van der Waals surface area contributed by atoms with Crippen molar-refractivity contribution in [1.82, 2.24) is 0 Å². The maximum absolute atomic E-state index is 12.8. The molecule has 0 saturated heterocycles. The van der Waals surface area contributed by atoms with Crippen molar-refractivity contribution in [3.05, 3.63) is 64.0 Å². The van der Waals surface area contributed by atoms with E-state index in [0.717, 1.165) is 5.56 Å². The fraction of sp³-hybridized carbons (Fsp3) is 0.111. The number of Topliss-reactive ketones (excluding diaryl/α,β-unsaturated/α-hetero) is 1. The molecule has 1 N–H and O–H groups in total. The van der Waals surface area contributed by atoms with Crippen molar-refractivity contribution in [1.29, 1.82) is 0 Å². The molecule has 0 amide bonds. The number of rotatable bonds is 2. The smallest absolute Gasteiger partial charge is 0.200 e. The summed E-state index contributed by atoms with van der Waals surface area (Å²) < 4.78 is 5.72. The van der Waals surface area contributed by atoms with Gasteiger partial charge in [0.05, 0.1) is 10.9 Å². The van der Waals surface area contributed by atoms with Crippen LogP contribution >= 0.6 is 0 Å². The van der Waals surface area contributed by atoms with E-state index >= 15 is 0 Å². The summed E-state index contributed by atoms with van der Waals surface area (Å²) in [6, 6.07) is 12.0. The average Bonchev–Trinajstić information content (AvgIpc) is 2.47. The molecule has 0 fully saturated rings. The van der Waals surface area contributed by atoms with E-state index < -0.39 is 0 Å². The number of carbonyl (C=O) groups excluding carboxylic acids is 1. The van der Waals surface area contributed by atoms with Gasteiger partial charge in [0.25, 0.3) is 0 Å². The maximum atomic E-state index is 12.8. The van der Waals surface area contributed by atoms with E-state index in [1.54, 1.807) is 6.92 Å². The monoisotopic (exact) mass is 294 g/mol. The summed E-state index contributed by atoms with van der Waals surface area (Å²) in [6.45, 7) is 3.01. The van der Waals surface area contributed by atoms with Crippen molar-refractivity contribution < 1.29 is 14.3 Å². The molecule has 0 bridgehead atoms. The summed E-state index contributed by atoms with van der Waals surface area (Å²) in [4.78, 5) is 24.5. The zero-order chi connectivity index (χ0) is 15.9. The van der Waals surface area contributed by atoms with Gasteiger partial charge in [0.15, 0.2) is 11.4 Å². The maximum Gasteiger partial charge on any atom is 0.200 e.